The Hall–Kier alpha value is -1.14. The molecule has 0 radical (unpaired) electrons. The zero-order chi connectivity index (χ0) is 12.7. The lowest BCUT2D eigenvalue weighted by molar-refractivity contribution is -0.136. The lowest BCUT2D eigenvalue weighted by atomic mass is 10.3. The van der Waals surface area contributed by atoms with Crippen LogP contribution in [0.3, 0.4) is 0 Å². The van der Waals surface area contributed by atoms with E-state index in [0.717, 1.165) is 25.9 Å². The predicted octanol–water partition coefficient (Wildman–Crippen LogP) is -0.911. The van der Waals surface area contributed by atoms with Crippen molar-refractivity contribution in [2.24, 2.45) is 5.73 Å². The van der Waals surface area contributed by atoms with E-state index in [-0.39, 0.29) is 18.4 Å². The quantitative estimate of drug-likeness (QED) is 0.591. The number of amides is 2. The van der Waals surface area contributed by atoms with Crippen LogP contribution < -0.4 is 11.1 Å². The molecule has 0 bridgehead atoms. The fourth-order valence-corrected chi connectivity index (χ4v) is 1.80. The van der Waals surface area contributed by atoms with Gasteiger partial charge in [-0.1, -0.05) is 0 Å². The van der Waals surface area contributed by atoms with Crippen LogP contribution in [0.2, 0.25) is 0 Å². The minimum absolute atomic E-state index is 0.0188. The van der Waals surface area contributed by atoms with Gasteiger partial charge in [0.1, 0.15) is 12.6 Å². The van der Waals surface area contributed by atoms with E-state index in [1.54, 1.807) is 11.8 Å². The van der Waals surface area contributed by atoms with Crippen molar-refractivity contribution in [1.29, 1.82) is 0 Å². The average Bonchev–Trinajstić information content (AvgIpc) is 2.81. The third-order valence-electron chi connectivity index (χ3n) is 2.66. The summed E-state index contributed by atoms with van der Waals surface area (Å²) in [4.78, 5) is 25.0. The van der Waals surface area contributed by atoms with E-state index in [1.165, 1.54) is 0 Å². The first-order chi connectivity index (χ1) is 8.15. The maximum absolute atomic E-state index is 11.9. The molecule has 98 valence electrons. The minimum atomic E-state index is -0.484. The molecule has 1 unspecified atom stereocenters. The van der Waals surface area contributed by atoms with Crippen molar-refractivity contribution in [3.63, 3.8) is 0 Å². The van der Waals surface area contributed by atoms with Crippen LogP contribution in [-0.2, 0) is 14.3 Å². The van der Waals surface area contributed by atoms with Crippen molar-refractivity contribution >= 4 is 11.8 Å². The van der Waals surface area contributed by atoms with Crippen LogP contribution in [0, 0.1) is 0 Å². The molecular weight excluding hydrogens is 222 g/mol. The van der Waals surface area contributed by atoms with Gasteiger partial charge in [-0.3, -0.25) is 9.59 Å². The Morgan fingerprint density at radius 1 is 1.41 bits per heavy atom. The summed E-state index contributed by atoms with van der Waals surface area (Å²) < 4.78 is 4.99. The van der Waals surface area contributed by atoms with Crippen LogP contribution in [0.15, 0.2) is 0 Å². The molecule has 17 heavy (non-hydrogen) atoms. The van der Waals surface area contributed by atoms with E-state index >= 15 is 0 Å². The number of nitrogens with two attached hydrogens (primary N) is 1. The number of nitrogens with one attached hydrogen (secondary N) is 1. The molecule has 1 aliphatic heterocycles. The molecule has 0 spiro atoms. The third kappa shape index (κ3) is 4.70. The molecular formula is C11H21N3O3. The second-order valence-electron chi connectivity index (χ2n) is 4.16. The maximum atomic E-state index is 11.9. The number of hydrogen-bond donors (Lipinski definition) is 2. The Bertz CT molecular complexity index is 265. The molecule has 1 rings (SSSR count). The lowest BCUT2D eigenvalue weighted by Crippen LogP contribution is -2.47. The molecule has 1 saturated heterocycles. The SMILES string of the molecule is CC(NC(=O)COCCN)C(=O)N1CCCC1. The molecule has 1 fully saturated rings. The number of hydrogen-bond acceptors (Lipinski definition) is 4. The molecule has 0 aliphatic carbocycles. The van der Waals surface area contributed by atoms with E-state index in [9.17, 15) is 9.59 Å². The molecule has 3 N–H and O–H groups in total. The summed E-state index contributed by atoms with van der Waals surface area (Å²) in [6, 6.07) is -0.484. The molecule has 1 heterocycles. The number of nitrogens with zero attached hydrogens (tertiary/aromatic N) is 1. The third-order valence-corrected chi connectivity index (χ3v) is 2.66. The highest BCUT2D eigenvalue weighted by atomic mass is 16.5. The molecule has 0 saturated carbocycles. The second-order valence-corrected chi connectivity index (χ2v) is 4.16. The summed E-state index contributed by atoms with van der Waals surface area (Å²) in [6.07, 6.45) is 2.10. The van der Waals surface area contributed by atoms with E-state index in [1.807, 2.05) is 0 Å². The van der Waals surface area contributed by atoms with Crippen LogP contribution in [0.25, 0.3) is 0 Å². The Kier molecular flexibility index (Phi) is 5.93. The molecule has 6 nitrogen and oxygen atoms in total. The number of carbonyl (C=O) groups excluding carboxylic acids is 2. The lowest BCUT2D eigenvalue weighted by Gasteiger charge is -2.21. The Morgan fingerprint density at radius 3 is 2.65 bits per heavy atom. The van der Waals surface area contributed by atoms with Gasteiger partial charge < -0.3 is 20.7 Å². The normalized spacial score (nSPS) is 16.9. The van der Waals surface area contributed by atoms with Gasteiger partial charge in [0.05, 0.1) is 6.61 Å². The summed E-state index contributed by atoms with van der Waals surface area (Å²) in [6.45, 7) is 3.97. The smallest absolute Gasteiger partial charge is 0.246 e. The van der Waals surface area contributed by atoms with Gasteiger partial charge in [-0.2, -0.15) is 0 Å². The molecule has 1 aliphatic rings. The largest absolute Gasteiger partial charge is 0.370 e. The van der Waals surface area contributed by atoms with Gasteiger partial charge in [-0.15, -0.1) is 0 Å². The van der Waals surface area contributed by atoms with Crippen LogP contribution in [-0.4, -0.2) is 55.6 Å². The highest BCUT2D eigenvalue weighted by Crippen LogP contribution is 2.08. The topological polar surface area (TPSA) is 84.7 Å². The number of rotatable bonds is 6. The van der Waals surface area contributed by atoms with Crippen molar-refractivity contribution in [2.45, 2.75) is 25.8 Å². The van der Waals surface area contributed by atoms with Crippen LogP contribution in [0.1, 0.15) is 19.8 Å². The van der Waals surface area contributed by atoms with E-state index in [0.29, 0.717) is 13.2 Å². The summed E-state index contributed by atoms with van der Waals surface area (Å²) in [5, 5.41) is 2.62. The zero-order valence-corrected chi connectivity index (χ0v) is 10.3. The minimum Gasteiger partial charge on any atom is -0.370 e. The second kappa shape index (κ2) is 7.24. The van der Waals surface area contributed by atoms with E-state index in [2.05, 4.69) is 5.32 Å². The number of ether oxygens (including phenoxy) is 1. The molecule has 0 aromatic heterocycles. The van der Waals surface area contributed by atoms with Crippen LogP contribution >= 0.6 is 0 Å². The maximum Gasteiger partial charge on any atom is 0.246 e. The van der Waals surface area contributed by atoms with Crippen molar-refractivity contribution < 1.29 is 14.3 Å². The summed E-state index contributed by atoms with van der Waals surface area (Å²) >= 11 is 0. The molecule has 2 amide bonds. The van der Waals surface area contributed by atoms with Crippen molar-refractivity contribution in [2.75, 3.05) is 32.8 Å². The van der Waals surface area contributed by atoms with Crippen LogP contribution in [0.4, 0.5) is 0 Å². The van der Waals surface area contributed by atoms with Gasteiger partial charge in [0.15, 0.2) is 0 Å². The van der Waals surface area contributed by atoms with E-state index < -0.39 is 6.04 Å². The first-order valence-corrected chi connectivity index (χ1v) is 6.01. The number of carbonyl (C=O) groups is 2. The Balaban J connectivity index is 2.24. The highest BCUT2D eigenvalue weighted by Gasteiger charge is 2.24. The van der Waals surface area contributed by atoms with E-state index in [4.69, 9.17) is 10.5 Å². The monoisotopic (exact) mass is 243 g/mol. The summed E-state index contributed by atoms with van der Waals surface area (Å²) in [5.74, 6) is -0.298. The van der Waals surface area contributed by atoms with Gasteiger partial charge in [0.2, 0.25) is 11.8 Å². The van der Waals surface area contributed by atoms with Crippen LogP contribution in [0.5, 0.6) is 0 Å². The number of likely N-dealkylation sites (tertiary alicyclic amines) is 1. The fraction of sp³-hybridized carbons (Fsp3) is 0.818. The fourth-order valence-electron chi connectivity index (χ4n) is 1.80. The molecule has 6 heteroatoms. The van der Waals surface area contributed by atoms with Crippen molar-refractivity contribution in [3.8, 4) is 0 Å². The molecule has 0 aromatic rings. The van der Waals surface area contributed by atoms with Gasteiger partial charge in [-0.05, 0) is 19.8 Å². The van der Waals surface area contributed by atoms with Crippen molar-refractivity contribution in [1.82, 2.24) is 10.2 Å². The summed E-state index contributed by atoms with van der Waals surface area (Å²) in [5.41, 5.74) is 5.23. The molecule has 0 aromatic carbocycles. The standard InChI is InChI=1S/C11H21N3O3/c1-9(11(16)14-5-2-3-6-14)13-10(15)8-17-7-4-12/h9H,2-8,12H2,1H3,(H,13,15). The zero-order valence-electron chi connectivity index (χ0n) is 10.3. The first kappa shape index (κ1) is 13.9. The highest BCUT2D eigenvalue weighted by molar-refractivity contribution is 5.87. The average molecular weight is 243 g/mol. The molecule has 1 atom stereocenters. The van der Waals surface area contributed by atoms with Gasteiger partial charge >= 0.3 is 0 Å². The van der Waals surface area contributed by atoms with Crippen molar-refractivity contribution in [3.05, 3.63) is 0 Å². The Morgan fingerprint density at radius 2 is 2.06 bits per heavy atom. The Labute approximate surface area is 101 Å². The van der Waals surface area contributed by atoms with Gasteiger partial charge in [0, 0.05) is 19.6 Å². The predicted molar refractivity (Wildman–Crippen MR) is 63.3 cm³/mol. The van der Waals surface area contributed by atoms with Gasteiger partial charge in [0.25, 0.3) is 0 Å². The summed E-state index contributed by atoms with van der Waals surface area (Å²) in [7, 11) is 0. The van der Waals surface area contributed by atoms with Gasteiger partial charge in [-0.25, -0.2) is 0 Å². The first-order valence-electron chi connectivity index (χ1n) is 6.01.